The number of pyridine rings is 1. The third kappa shape index (κ3) is 3.74. The van der Waals surface area contributed by atoms with E-state index < -0.39 is 11.8 Å². The molecule has 0 unspecified atom stereocenters. The average molecular weight is 373 g/mol. The van der Waals surface area contributed by atoms with Gasteiger partial charge in [0.1, 0.15) is 0 Å². The largest absolute Gasteiger partial charge is 0.327 e. The van der Waals surface area contributed by atoms with Crippen molar-refractivity contribution in [1.82, 2.24) is 9.88 Å². The van der Waals surface area contributed by atoms with Crippen LogP contribution in [0.25, 0.3) is 10.9 Å². The van der Waals surface area contributed by atoms with Crippen LogP contribution in [0.5, 0.6) is 0 Å². The summed E-state index contributed by atoms with van der Waals surface area (Å²) in [4.78, 5) is 32.0. The molecule has 2 aromatic carbocycles. The van der Waals surface area contributed by atoms with Gasteiger partial charge in [0.15, 0.2) is 0 Å². The summed E-state index contributed by atoms with van der Waals surface area (Å²) in [6.45, 7) is 0.597. The van der Waals surface area contributed by atoms with Gasteiger partial charge in [-0.05, 0) is 30.5 Å². The second kappa shape index (κ2) is 8.21. The van der Waals surface area contributed by atoms with E-state index in [9.17, 15) is 9.59 Å². The van der Waals surface area contributed by atoms with E-state index >= 15 is 0 Å². The van der Waals surface area contributed by atoms with Gasteiger partial charge in [-0.15, -0.1) is 0 Å². The third-order valence-electron chi connectivity index (χ3n) is 5.27. The summed E-state index contributed by atoms with van der Waals surface area (Å²) in [6, 6.07) is 19.3. The summed E-state index contributed by atoms with van der Waals surface area (Å²) in [7, 11) is 0. The summed E-state index contributed by atoms with van der Waals surface area (Å²) in [5, 5.41) is 3.70. The Morgan fingerprint density at radius 2 is 1.75 bits per heavy atom. The number of aromatic nitrogens is 1. The molecule has 0 bridgehead atoms. The number of carbonyl (C=O) groups excluding carboxylic acids is 2. The SMILES string of the molecule is O=C(Nc1cccc2cccnc12)C(=O)N1CCCCC[C@H]1c1ccccc1. The van der Waals surface area contributed by atoms with Crippen molar-refractivity contribution >= 4 is 28.4 Å². The Balaban J connectivity index is 1.58. The molecule has 5 nitrogen and oxygen atoms in total. The molecule has 1 atom stereocenters. The van der Waals surface area contributed by atoms with Gasteiger partial charge in [-0.1, -0.05) is 61.4 Å². The van der Waals surface area contributed by atoms with Gasteiger partial charge in [-0.25, -0.2) is 0 Å². The van der Waals surface area contributed by atoms with Crippen molar-refractivity contribution in [2.75, 3.05) is 11.9 Å². The van der Waals surface area contributed by atoms with Crippen molar-refractivity contribution in [1.29, 1.82) is 0 Å². The Labute approximate surface area is 164 Å². The lowest BCUT2D eigenvalue weighted by atomic mass is 10.0. The first-order chi connectivity index (χ1) is 13.7. The first kappa shape index (κ1) is 18.2. The Morgan fingerprint density at radius 3 is 2.61 bits per heavy atom. The molecule has 0 aliphatic carbocycles. The van der Waals surface area contributed by atoms with Crippen LogP contribution in [0.15, 0.2) is 66.9 Å². The molecule has 0 radical (unpaired) electrons. The number of hydrogen-bond acceptors (Lipinski definition) is 3. The molecule has 142 valence electrons. The molecule has 1 aliphatic rings. The van der Waals surface area contributed by atoms with E-state index in [2.05, 4.69) is 10.3 Å². The lowest BCUT2D eigenvalue weighted by Gasteiger charge is -2.30. The highest BCUT2D eigenvalue weighted by atomic mass is 16.2. The predicted octanol–water partition coefficient (Wildman–Crippen LogP) is 4.32. The maximum Gasteiger partial charge on any atom is 0.313 e. The summed E-state index contributed by atoms with van der Waals surface area (Å²) in [5.41, 5.74) is 2.32. The molecule has 1 aromatic heterocycles. The van der Waals surface area contributed by atoms with Crippen molar-refractivity contribution in [3.8, 4) is 0 Å². The van der Waals surface area contributed by atoms with Gasteiger partial charge >= 0.3 is 11.8 Å². The Kier molecular flexibility index (Phi) is 5.33. The van der Waals surface area contributed by atoms with Crippen LogP contribution in [0.3, 0.4) is 0 Å². The topological polar surface area (TPSA) is 62.3 Å². The highest BCUT2D eigenvalue weighted by molar-refractivity contribution is 6.40. The lowest BCUT2D eigenvalue weighted by Crippen LogP contribution is -2.42. The van der Waals surface area contributed by atoms with E-state index in [-0.39, 0.29) is 6.04 Å². The Bertz CT molecular complexity index is 982. The summed E-state index contributed by atoms with van der Waals surface area (Å²) < 4.78 is 0. The molecular weight excluding hydrogens is 350 g/mol. The van der Waals surface area contributed by atoms with E-state index in [4.69, 9.17) is 0 Å². The molecule has 1 saturated heterocycles. The minimum Gasteiger partial charge on any atom is -0.327 e. The number of nitrogens with one attached hydrogen (secondary N) is 1. The van der Waals surface area contributed by atoms with E-state index in [1.807, 2.05) is 54.6 Å². The van der Waals surface area contributed by atoms with Crippen molar-refractivity contribution in [3.05, 3.63) is 72.4 Å². The van der Waals surface area contributed by atoms with Gasteiger partial charge in [-0.3, -0.25) is 14.6 Å². The Hall–Kier alpha value is -3.21. The lowest BCUT2D eigenvalue weighted by molar-refractivity contribution is -0.144. The number of fused-ring (bicyclic) bond motifs is 1. The summed E-state index contributed by atoms with van der Waals surface area (Å²) >= 11 is 0. The smallest absolute Gasteiger partial charge is 0.313 e. The fraction of sp³-hybridized carbons (Fsp3) is 0.261. The minimum atomic E-state index is -0.610. The number of para-hydroxylation sites is 1. The molecule has 1 fully saturated rings. The maximum atomic E-state index is 13.1. The van der Waals surface area contributed by atoms with Gasteiger partial charge in [-0.2, -0.15) is 0 Å². The van der Waals surface area contributed by atoms with Gasteiger partial charge in [0, 0.05) is 18.1 Å². The third-order valence-corrected chi connectivity index (χ3v) is 5.27. The molecule has 5 heteroatoms. The number of rotatable bonds is 2. The van der Waals surface area contributed by atoms with Crippen LogP contribution in [0.2, 0.25) is 0 Å². The molecule has 2 heterocycles. The molecule has 4 rings (SSSR count). The fourth-order valence-corrected chi connectivity index (χ4v) is 3.88. The van der Waals surface area contributed by atoms with Gasteiger partial charge < -0.3 is 10.2 Å². The van der Waals surface area contributed by atoms with Crippen LogP contribution in [-0.2, 0) is 9.59 Å². The zero-order valence-electron chi connectivity index (χ0n) is 15.7. The highest BCUT2D eigenvalue weighted by Crippen LogP contribution is 2.30. The summed E-state index contributed by atoms with van der Waals surface area (Å²) in [6.07, 6.45) is 5.59. The van der Waals surface area contributed by atoms with Crippen LogP contribution in [0, 0.1) is 0 Å². The fourth-order valence-electron chi connectivity index (χ4n) is 3.88. The maximum absolute atomic E-state index is 13.1. The molecule has 3 aromatic rings. The molecule has 28 heavy (non-hydrogen) atoms. The second-order valence-electron chi connectivity index (χ2n) is 7.11. The first-order valence-corrected chi connectivity index (χ1v) is 9.75. The van der Waals surface area contributed by atoms with E-state index in [1.54, 1.807) is 17.2 Å². The average Bonchev–Trinajstić information content (AvgIpc) is 3.00. The van der Waals surface area contributed by atoms with E-state index in [0.29, 0.717) is 17.7 Å². The predicted molar refractivity (Wildman–Crippen MR) is 110 cm³/mol. The van der Waals surface area contributed by atoms with Crippen LogP contribution in [-0.4, -0.2) is 28.2 Å². The normalized spacial score (nSPS) is 17.1. The van der Waals surface area contributed by atoms with Crippen molar-refractivity contribution in [3.63, 3.8) is 0 Å². The van der Waals surface area contributed by atoms with Crippen LogP contribution in [0.1, 0.15) is 37.3 Å². The molecule has 0 saturated carbocycles. The van der Waals surface area contributed by atoms with E-state index in [1.165, 1.54) is 0 Å². The second-order valence-corrected chi connectivity index (χ2v) is 7.11. The summed E-state index contributed by atoms with van der Waals surface area (Å²) in [5.74, 6) is -1.09. The minimum absolute atomic E-state index is 0.0624. The molecule has 0 spiro atoms. The zero-order valence-corrected chi connectivity index (χ0v) is 15.7. The van der Waals surface area contributed by atoms with Crippen molar-refractivity contribution in [2.24, 2.45) is 0 Å². The molecule has 1 N–H and O–H groups in total. The van der Waals surface area contributed by atoms with Gasteiger partial charge in [0.2, 0.25) is 0 Å². The van der Waals surface area contributed by atoms with Crippen molar-refractivity contribution in [2.45, 2.75) is 31.7 Å². The standard InChI is InChI=1S/C23H23N3O2/c27-22(25-19-13-7-11-18-12-8-15-24-21(18)19)23(28)26-16-6-2-5-14-20(26)17-9-3-1-4-10-17/h1,3-4,7-13,15,20H,2,5-6,14,16H2,(H,25,27)/t20-/m0/s1. The molecule has 2 amide bonds. The van der Waals surface area contributed by atoms with Crippen molar-refractivity contribution < 1.29 is 9.59 Å². The number of amides is 2. The number of hydrogen-bond donors (Lipinski definition) is 1. The quantitative estimate of drug-likeness (QED) is 0.681. The monoisotopic (exact) mass is 373 g/mol. The van der Waals surface area contributed by atoms with Crippen LogP contribution < -0.4 is 5.32 Å². The molecular formula is C23H23N3O2. The molecule has 1 aliphatic heterocycles. The van der Waals surface area contributed by atoms with E-state index in [0.717, 1.165) is 36.6 Å². The first-order valence-electron chi connectivity index (χ1n) is 9.75. The van der Waals surface area contributed by atoms with Gasteiger partial charge in [0.05, 0.1) is 17.2 Å². The van der Waals surface area contributed by atoms with Crippen LogP contribution >= 0.6 is 0 Å². The number of carbonyl (C=O) groups is 2. The zero-order chi connectivity index (χ0) is 19.3. The highest BCUT2D eigenvalue weighted by Gasteiger charge is 2.30. The number of anilines is 1. The number of likely N-dealkylation sites (tertiary alicyclic amines) is 1. The number of nitrogens with zero attached hydrogens (tertiary/aromatic N) is 2. The van der Waals surface area contributed by atoms with Gasteiger partial charge in [0.25, 0.3) is 0 Å². The number of benzene rings is 2. The Morgan fingerprint density at radius 1 is 0.929 bits per heavy atom. The van der Waals surface area contributed by atoms with Crippen LogP contribution in [0.4, 0.5) is 5.69 Å².